The van der Waals surface area contributed by atoms with Crippen LogP contribution in [0.1, 0.15) is 41.6 Å². The minimum Gasteiger partial charge on any atom is -0.288 e. The Bertz CT molecular complexity index is 518. The molecule has 0 fully saturated rings. The first-order valence-corrected chi connectivity index (χ1v) is 6.56. The summed E-state index contributed by atoms with van der Waals surface area (Å²) >= 11 is 1.50. The van der Waals surface area contributed by atoms with Crippen molar-refractivity contribution in [3.63, 3.8) is 0 Å². The summed E-state index contributed by atoms with van der Waals surface area (Å²) in [7, 11) is 0. The van der Waals surface area contributed by atoms with Crippen molar-refractivity contribution >= 4 is 17.1 Å². The molecule has 1 nitrogen and oxygen atoms in total. The summed E-state index contributed by atoms with van der Waals surface area (Å²) < 4.78 is 0. The lowest BCUT2D eigenvalue weighted by Crippen LogP contribution is -2.16. The molecule has 0 spiro atoms. The van der Waals surface area contributed by atoms with Crippen molar-refractivity contribution in [2.75, 3.05) is 0 Å². The number of hydrogen-bond acceptors (Lipinski definition) is 2. The predicted octanol–water partition coefficient (Wildman–Crippen LogP) is 4.28. The molecule has 2 rings (SSSR count). The molecule has 88 valence electrons. The first kappa shape index (κ1) is 12.1. The van der Waals surface area contributed by atoms with Crippen LogP contribution < -0.4 is 0 Å². The van der Waals surface area contributed by atoms with E-state index in [0.717, 1.165) is 16.0 Å². The van der Waals surface area contributed by atoms with Gasteiger partial charge in [0.15, 0.2) is 0 Å². The third-order valence-electron chi connectivity index (χ3n) is 2.72. The van der Waals surface area contributed by atoms with E-state index in [4.69, 9.17) is 0 Å². The second kappa shape index (κ2) is 4.46. The monoisotopic (exact) mass is 244 g/mol. The fraction of sp³-hybridized carbons (Fsp3) is 0.267. The molecular weight excluding hydrogens is 228 g/mol. The van der Waals surface area contributed by atoms with E-state index >= 15 is 0 Å². The average Bonchev–Trinajstić information content (AvgIpc) is 2.80. The van der Waals surface area contributed by atoms with Gasteiger partial charge in [-0.25, -0.2) is 0 Å². The minimum atomic E-state index is -0.0104. The van der Waals surface area contributed by atoms with Crippen molar-refractivity contribution in [2.24, 2.45) is 0 Å². The maximum Gasteiger partial charge on any atom is 0.203 e. The summed E-state index contributed by atoms with van der Waals surface area (Å²) in [4.78, 5) is 13.2. The van der Waals surface area contributed by atoms with Gasteiger partial charge in [-0.15, -0.1) is 11.3 Å². The summed E-state index contributed by atoms with van der Waals surface area (Å²) in [6.07, 6.45) is 0. The van der Waals surface area contributed by atoms with Crippen LogP contribution in [0.3, 0.4) is 0 Å². The second-order valence-corrected chi connectivity index (χ2v) is 6.05. The Morgan fingerprint density at radius 3 is 2.35 bits per heavy atom. The highest BCUT2D eigenvalue weighted by Crippen LogP contribution is 2.28. The third-order valence-corrected chi connectivity index (χ3v) is 3.59. The molecule has 0 aliphatic rings. The van der Waals surface area contributed by atoms with Crippen molar-refractivity contribution in [2.45, 2.75) is 26.2 Å². The van der Waals surface area contributed by atoms with Crippen LogP contribution in [0.4, 0.5) is 0 Å². The molecule has 0 N–H and O–H groups in total. The Hall–Kier alpha value is -1.41. The van der Waals surface area contributed by atoms with Gasteiger partial charge in [-0.05, 0) is 22.4 Å². The van der Waals surface area contributed by atoms with Gasteiger partial charge in [0, 0.05) is 5.56 Å². The van der Waals surface area contributed by atoms with Gasteiger partial charge < -0.3 is 0 Å². The van der Waals surface area contributed by atoms with Crippen molar-refractivity contribution in [1.29, 1.82) is 0 Å². The smallest absolute Gasteiger partial charge is 0.203 e. The molecule has 1 heterocycles. The number of carbonyl (C=O) groups is 1. The van der Waals surface area contributed by atoms with Gasteiger partial charge in [-0.2, -0.15) is 0 Å². The van der Waals surface area contributed by atoms with Crippen LogP contribution in [0.15, 0.2) is 41.8 Å². The summed E-state index contributed by atoms with van der Waals surface area (Å²) in [6.45, 7) is 6.40. The molecule has 0 saturated carbocycles. The van der Waals surface area contributed by atoms with E-state index in [0.29, 0.717) is 0 Å². The maximum atomic E-state index is 12.4. The van der Waals surface area contributed by atoms with Crippen LogP contribution in [0, 0.1) is 0 Å². The van der Waals surface area contributed by atoms with Crippen molar-refractivity contribution < 1.29 is 4.79 Å². The molecule has 0 amide bonds. The summed E-state index contributed by atoms with van der Waals surface area (Å²) in [6, 6.07) is 11.7. The lowest BCUT2D eigenvalue weighted by Gasteiger charge is -2.21. The third kappa shape index (κ3) is 2.47. The van der Waals surface area contributed by atoms with Crippen LogP contribution >= 0.6 is 11.3 Å². The van der Waals surface area contributed by atoms with Crippen LogP contribution in [0.2, 0.25) is 0 Å². The fourth-order valence-electron chi connectivity index (χ4n) is 1.88. The van der Waals surface area contributed by atoms with Crippen LogP contribution in [-0.2, 0) is 5.41 Å². The van der Waals surface area contributed by atoms with Gasteiger partial charge in [0.2, 0.25) is 5.78 Å². The zero-order valence-corrected chi connectivity index (χ0v) is 11.2. The first-order chi connectivity index (χ1) is 8.00. The normalized spacial score (nSPS) is 11.5. The highest BCUT2D eigenvalue weighted by atomic mass is 32.1. The van der Waals surface area contributed by atoms with E-state index in [2.05, 4.69) is 20.8 Å². The molecular formula is C15H16OS. The van der Waals surface area contributed by atoms with Crippen molar-refractivity contribution in [3.05, 3.63) is 57.8 Å². The van der Waals surface area contributed by atoms with Crippen molar-refractivity contribution in [1.82, 2.24) is 0 Å². The highest BCUT2D eigenvalue weighted by Gasteiger charge is 2.22. The molecule has 0 aliphatic carbocycles. The quantitative estimate of drug-likeness (QED) is 0.721. The molecule has 0 unspecified atom stereocenters. The number of hydrogen-bond donors (Lipinski definition) is 0. The molecule has 0 atom stereocenters. The van der Waals surface area contributed by atoms with Crippen LogP contribution in [0.25, 0.3) is 0 Å². The number of rotatable bonds is 2. The van der Waals surface area contributed by atoms with Crippen molar-refractivity contribution in [3.8, 4) is 0 Å². The van der Waals surface area contributed by atoms with Crippen LogP contribution in [0.5, 0.6) is 0 Å². The Balaban J connectivity index is 2.50. The molecule has 2 aromatic rings. The van der Waals surface area contributed by atoms with E-state index in [1.165, 1.54) is 11.3 Å². The lowest BCUT2D eigenvalue weighted by molar-refractivity contribution is 0.104. The Morgan fingerprint density at radius 1 is 1.06 bits per heavy atom. The predicted molar refractivity (Wildman–Crippen MR) is 72.9 cm³/mol. The molecule has 2 heteroatoms. The zero-order chi connectivity index (χ0) is 12.5. The summed E-state index contributed by atoms with van der Waals surface area (Å²) in [5.41, 5.74) is 1.92. The van der Waals surface area contributed by atoms with Gasteiger partial charge in [0.05, 0.1) is 4.88 Å². The van der Waals surface area contributed by atoms with Crippen LogP contribution in [-0.4, -0.2) is 5.78 Å². The van der Waals surface area contributed by atoms with E-state index in [1.54, 1.807) is 0 Å². The molecule has 17 heavy (non-hydrogen) atoms. The highest BCUT2D eigenvalue weighted by molar-refractivity contribution is 7.12. The number of ketones is 1. The molecule has 0 bridgehead atoms. The van der Waals surface area contributed by atoms with E-state index in [1.807, 2.05) is 41.8 Å². The minimum absolute atomic E-state index is 0.0104. The summed E-state index contributed by atoms with van der Waals surface area (Å²) in [5.74, 6) is 0.130. The van der Waals surface area contributed by atoms with E-state index in [9.17, 15) is 4.79 Å². The molecule has 1 aromatic heterocycles. The van der Waals surface area contributed by atoms with E-state index < -0.39 is 0 Å². The topological polar surface area (TPSA) is 17.1 Å². The number of carbonyl (C=O) groups excluding carboxylic acids is 1. The maximum absolute atomic E-state index is 12.4. The Labute approximate surface area is 106 Å². The molecule has 0 aliphatic heterocycles. The standard InChI is InChI=1S/C15H16OS/c1-15(2,3)12-8-5-4-7-11(12)14(16)13-9-6-10-17-13/h4-10H,1-3H3. The zero-order valence-electron chi connectivity index (χ0n) is 10.4. The average molecular weight is 244 g/mol. The van der Waals surface area contributed by atoms with Gasteiger partial charge in [-0.1, -0.05) is 51.1 Å². The largest absolute Gasteiger partial charge is 0.288 e. The fourth-order valence-corrected chi connectivity index (χ4v) is 2.55. The Morgan fingerprint density at radius 2 is 1.76 bits per heavy atom. The summed E-state index contributed by atoms with van der Waals surface area (Å²) in [5, 5.41) is 1.94. The van der Waals surface area contributed by atoms with Gasteiger partial charge in [-0.3, -0.25) is 4.79 Å². The number of benzene rings is 1. The number of thiophene rings is 1. The second-order valence-electron chi connectivity index (χ2n) is 5.10. The molecule has 0 saturated heterocycles. The van der Waals surface area contributed by atoms with Gasteiger partial charge >= 0.3 is 0 Å². The van der Waals surface area contributed by atoms with Gasteiger partial charge in [0.25, 0.3) is 0 Å². The SMILES string of the molecule is CC(C)(C)c1ccccc1C(=O)c1cccs1. The Kier molecular flexibility index (Phi) is 3.16. The lowest BCUT2D eigenvalue weighted by atomic mass is 9.82. The first-order valence-electron chi connectivity index (χ1n) is 5.68. The molecule has 1 aromatic carbocycles. The molecule has 0 radical (unpaired) electrons. The van der Waals surface area contributed by atoms with E-state index in [-0.39, 0.29) is 11.2 Å². The van der Waals surface area contributed by atoms with Gasteiger partial charge in [0.1, 0.15) is 0 Å².